The van der Waals surface area contributed by atoms with Gasteiger partial charge in [0.25, 0.3) is 0 Å². The first-order valence-corrected chi connectivity index (χ1v) is 14.1. The Bertz CT molecular complexity index is 1460. The summed E-state index contributed by atoms with van der Waals surface area (Å²) in [4.78, 5) is 6.35. The Balaban J connectivity index is 0.00000400. The van der Waals surface area contributed by atoms with E-state index in [9.17, 15) is 8.42 Å². The fraction of sp³-hybridized carbons (Fsp3) is 0.0645. The molecule has 0 aliphatic carbocycles. The smallest absolute Gasteiger partial charge is 0.203 e. The van der Waals surface area contributed by atoms with E-state index in [0.29, 0.717) is 0 Å². The van der Waals surface area contributed by atoms with Gasteiger partial charge in [-0.1, -0.05) is 41.5 Å². The minimum absolute atomic E-state index is 0. The van der Waals surface area contributed by atoms with Crippen LogP contribution in [0.2, 0.25) is 0 Å². The lowest BCUT2D eigenvalue weighted by Gasteiger charge is -2.05. The van der Waals surface area contributed by atoms with Crippen LogP contribution in [-0.4, -0.2) is 14.6 Å². The van der Waals surface area contributed by atoms with Crippen molar-refractivity contribution in [3.8, 4) is 0 Å². The SMILES string of the molecule is Cc1ccc([S@](=O)c2ccc(N/C=C/C=C/C=[NH+]c3ccc([S@@](=O)c4ccc(C)cc4)cc3)cc2)cc1.[Br-]. The number of allylic oxidation sites excluding steroid dienone is 3. The number of halogens is 1. The number of benzene rings is 4. The van der Waals surface area contributed by atoms with Gasteiger partial charge in [-0.3, -0.25) is 0 Å². The lowest BCUT2D eigenvalue weighted by molar-refractivity contribution is -0.346. The molecule has 2 atom stereocenters. The molecule has 4 aromatic rings. The predicted molar refractivity (Wildman–Crippen MR) is 153 cm³/mol. The van der Waals surface area contributed by atoms with Gasteiger partial charge >= 0.3 is 0 Å². The molecule has 0 saturated heterocycles. The molecule has 4 aromatic carbocycles. The summed E-state index contributed by atoms with van der Waals surface area (Å²) in [5, 5.41) is 3.21. The van der Waals surface area contributed by atoms with E-state index in [1.807, 2.05) is 142 Å². The third-order valence-electron chi connectivity index (χ3n) is 5.52. The Kier molecular flexibility index (Phi) is 11.1. The monoisotopic (exact) mass is 604 g/mol. The maximum atomic E-state index is 12.7. The molecular formula is C31H29BrN2O2S2. The number of aryl methyl sites for hydroxylation is 2. The molecule has 0 radical (unpaired) electrons. The zero-order valence-corrected chi connectivity index (χ0v) is 24.4. The molecule has 0 bridgehead atoms. The van der Waals surface area contributed by atoms with E-state index in [-0.39, 0.29) is 17.0 Å². The third-order valence-corrected chi connectivity index (χ3v) is 8.32. The van der Waals surface area contributed by atoms with Gasteiger partial charge in [0, 0.05) is 49.7 Å². The topological polar surface area (TPSA) is 60.1 Å². The van der Waals surface area contributed by atoms with Crippen LogP contribution in [0.15, 0.2) is 141 Å². The van der Waals surface area contributed by atoms with Crippen molar-refractivity contribution in [1.82, 2.24) is 0 Å². The molecule has 0 aliphatic rings. The summed E-state index contributed by atoms with van der Waals surface area (Å²) in [5.41, 5.74) is 4.13. The molecule has 0 saturated carbocycles. The highest BCUT2D eigenvalue weighted by atomic mass is 79.9. The molecule has 7 heteroatoms. The molecule has 0 spiro atoms. The first-order valence-electron chi connectivity index (χ1n) is 11.8. The normalized spacial score (nSPS) is 13.0. The number of anilines is 1. The van der Waals surface area contributed by atoms with E-state index in [4.69, 9.17) is 0 Å². The van der Waals surface area contributed by atoms with Crippen molar-refractivity contribution in [3.05, 3.63) is 133 Å². The van der Waals surface area contributed by atoms with Gasteiger partial charge in [0.2, 0.25) is 5.69 Å². The maximum Gasteiger partial charge on any atom is 0.203 e. The Labute approximate surface area is 239 Å². The van der Waals surface area contributed by atoms with Crippen molar-refractivity contribution < 1.29 is 30.4 Å². The van der Waals surface area contributed by atoms with Crippen molar-refractivity contribution in [1.29, 1.82) is 0 Å². The zero-order chi connectivity index (χ0) is 26.0. The summed E-state index contributed by atoms with van der Waals surface area (Å²) in [5.74, 6) is 0. The van der Waals surface area contributed by atoms with Gasteiger partial charge in [0.05, 0.1) is 21.6 Å². The predicted octanol–water partition coefficient (Wildman–Crippen LogP) is 2.61. The van der Waals surface area contributed by atoms with Crippen molar-refractivity contribution in [2.75, 3.05) is 5.32 Å². The number of rotatable bonds is 9. The lowest BCUT2D eigenvalue weighted by Crippen LogP contribution is -3.00. The van der Waals surface area contributed by atoms with Crippen LogP contribution in [0.5, 0.6) is 0 Å². The Morgan fingerprint density at radius 3 is 1.47 bits per heavy atom. The molecule has 4 nitrogen and oxygen atoms in total. The number of hydrogen-bond acceptors (Lipinski definition) is 3. The van der Waals surface area contributed by atoms with Crippen LogP contribution < -0.4 is 27.3 Å². The summed E-state index contributed by atoms with van der Waals surface area (Å²) < 4.78 is 25.4. The zero-order valence-electron chi connectivity index (χ0n) is 21.1. The summed E-state index contributed by atoms with van der Waals surface area (Å²) in [6, 6.07) is 30.7. The van der Waals surface area contributed by atoms with E-state index >= 15 is 0 Å². The molecular weight excluding hydrogens is 576 g/mol. The van der Waals surface area contributed by atoms with Crippen molar-refractivity contribution in [2.24, 2.45) is 0 Å². The molecule has 194 valence electrons. The van der Waals surface area contributed by atoms with E-state index < -0.39 is 21.6 Å². The second-order valence-corrected chi connectivity index (χ2v) is 11.4. The third kappa shape index (κ3) is 8.31. The summed E-state index contributed by atoms with van der Waals surface area (Å²) in [6.45, 7) is 4.03. The van der Waals surface area contributed by atoms with Crippen LogP contribution in [-0.2, 0) is 21.6 Å². The van der Waals surface area contributed by atoms with E-state index in [0.717, 1.165) is 42.1 Å². The molecule has 0 unspecified atom stereocenters. The second kappa shape index (κ2) is 14.5. The van der Waals surface area contributed by atoms with Crippen molar-refractivity contribution in [2.45, 2.75) is 33.4 Å². The summed E-state index contributed by atoms with van der Waals surface area (Å²) in [7, 11) is -2.37. The van der Waals surface area contributed by atoms with Gasteiger partial charge in [0.15, 0.2) is 6.21 Å². The van der Waals surface area contributed by atoms with Crippen molar-refractivity contribution in [3.63, 3.8) is 0 Å². The first kappa shape index (κ1) is 29.2. The molecule has 2 N–H and O–H groups in total. The Morgan fingerprint density at radius 2 is 1.00 bits per heavy atom. The van der Waals surface area contributed by atoms with Crippen LogP contribution in [0.3, 0.4) is 0 Å². The highest BCUT2D eigenvalue weighted by Gasteiger charge is 2.08. The van der Waals surface area contributed by atoms with Crippen molar-refractivity contribution >= 4 is 39.2 Å². The first-order chi connectivity index (χ1) is 18.0. The highest BCUT2D eigenvalue weighted by Crippen LogP contribution is 2.20. The van der Waals surface area contributed by atoms with E-state index in [1.54, 1.807) is 0 Å². The van der Waals surface area contributed by atoms with Crippen LogP contribution in [0.4, 0.5) is 11.4 Å². The minimum atomic E-state index is -1.19. The molecule has 4 rings (SSSR count). The second-order valence-electron chi connectivity index (χ2n) is 8.41. The van der Waals surface area contributed by atoms with Gasteiger partial charge in [-0.05, 0) is 80.6 Å². The van der Waals surface area contributed by atoms with Crippen LogP contribution in [0.25, 0.3) is 0 Å². The van der Waals surface area contributed by atoms with Gasteiger partial charge < -0.3 is 22.3 Å². The molecule has 0 aromatic heterocycles. The molecule has 0 fully saturated rings. The molecule has 38 heavy (non-hydrogen) atoms. The number of hydrogen-bond donors (Lipinski definition) is 2. The quantitative estimate of drug-likeness (QED) is 0.228. The van der Waals surface area contributed by atoms with Gasteiger partial charge in [-0.2, -0.15) is 0 Å². The van der Waals surface area contributed by atoms with Gasteiger partial charge in [0.1, 0.15) is 0 Å². The molecule has 0 amide bonds. The summed E-state index contributed by atoms with van der Waals surface area (Å²) in [6.07, 6.45) is 9.37. The van der Waals surface area contributed by atoms with Crippen LogP contribution in [0.1, 0.15) is 11.1 Å². The van der Waals surface area contributed by atoms with E-state index in [1.165, 1.54) is 0 Å². The van der Waals surface area contributed by atoms with Gasteiger partial charge in [-0.15, -0.1) is 0 Å². The highest BCUT2D eigenvalue weighted by molar-refractivity contribution is 7.85. The molecule has 0 heterocycles. The summed E-state index contributed by atoms with van der Waals surface area (Å²) >= 11 is 0. The number of nitrogens with one attached hydrogen (secondary N) is 2. The molecule has 0 aliphatic heterocycles. The Hall–Kier alpha value is -3.39. The standard InChI is InChI=1S/C31H28N2O2S2.BrH/c1-24-6-14-28(15-7-24)36(34)30-18-10-26(11-19-30)32-22-4-3-5-23-33-27-12-20-31(21-13-27)37(35)29-16-8-25(2)9-17-29;/h3-23,32H,1-2H3;1H/b5-3+,22-4+,33-23?;/t36-,37-;/m0./s1. The average molecular weight is 606 g/mol. The van der Waals surface area contributed by atoms with Crippen LogP contribution in [0, 0.1) is 13.8 Å². The van der Waals surface area contributed by atoms with Gasteiger partial charge in [-0.25, -0.2) is 13.4 Å². The largest absolute Gasteiger partial charge is 1.00 e. The maximum absolute atomic E-state index is 12.7. The minimum Gasteiger partial charge on any atom is -1.00 e. The lowest BCUT2D eigenvalue weighted by atomic mass is 10.2. The van der Waals surface area contributed by atoms with E-state index in [2.05, 4.69) is 10.3 Å². The Morgan fingerprint density at radius 1 is 0.579 bits per heavy atom. The fourth-order valence-corrected chi connectivity index (χ4v) is 5.49. The van der Waals surface area contributed by atoms with Crippen LogP contribution >= 0.6 is 0 Å². The fourth-order valence-electron chi connectivity index (χ4n) is 3.41. The average Bonchev–Trinajstić information content (AvgIpc) is 2.93.